The third kappa shape index (κ3) is 2.23. The van der Waals surface area contributed by atoms with E-state index in [0.29, 0.717) is 6.54 Å². The molecule has 4 heteroatoms. The maximum absolute atomic E-state index is 8.80. The Labute approximate surface area is 94.1 Å². The van der Waals surface area contributed by atoms with E-state index in [4.69, 9.17) is 9.84 Å². The van der Waals surface area contributed by atoms with Crippen LogP contribution in [0, 0.1) is 0 Å². The zero-order chi connectivity index (χ0) is 11.4. The average molecular weight is 218 g/mol. The van der Waals surface area contributed by atoms with Crippen molar-refractivity contribution in [3.05, 3.63) is 36.7 Å². The lowest BCUT2D eigenvalue weighted by atomic mass is 10.1. The van der Waals surface area contributed by atoms with Gasteiger partial charge in [-0.15, -0.1) is 0 Å². The molecule has 0 unspecified atom stereocenters. The van der Waals surface area contributed by atoms with Gasteiger partial charge in [-0.25, -0.2) is 0 Å². The third-order valence-corrected chi connectivity index (χ3v) is 2.37. The number of benzene rings is 1. The summed E-state index contributed by atoms with van der Waals surface area (Å²) in [6.45, 7) is 0.614. The lowest BCUT2D eigenvalue weighted by Crippen LogP contribution is -2.01. The molecule has 4 nitrogen and oxygen atoms in total. The van der Waals surface area contributed by atoms with Crippen molar-refractivity contribution < 1.29 is 9.84 Å². The van der Waals surface area contributed by atoms with Crippen LogP contribution in [0.1, 0.15) is 0 Å². The summed E-state index contributed by atoms with van der Waals surface area (Å²) in [4.78, 5) is 0. The molecule has 1 N–H and O–H groups in total. The van der Waals surface area contributed by atoms with Crippen molar-refractivity contribution in [3.8, 4) is 16.9 Å². The molecular weight excluding hydrogens is 204 g/mol. The van der Waals surface area contributed by atoms with E-state index in [-0.39, 0.29) is 6.61 Å². The Morgan fingerprint density at radius 1 is 1.38 bits per heavy atom. The van der Waals surface area contributed by atoms with Gasteiger partial charge in [0.25, 0.3) is 0 Å². The Morgan fingerprint density at radius 3 is 3.00 bits per heavy atom. The molecule has 84 valence electrons. The first-order valence-corrected chi connectivity index (χ1v) is 5.11. The highest BCUT2D eigenvalue weighted by Crippen LogP contribution is 2.22. The van der Waals surface area contributed by atoms with Gasteiger partial charge in [0, 0.05) is 11.8 Å². The van der Waals surface area contributed by atoms with E-state index in [1.165, 1.54) is 0 Å². The Kier molecular flexibility index (Phi) is 3.22. The van der Waals surface area contributed by atoms with Crippen LogP contribution in [-0.4, -0.2) is 28.6 Å². The zero-order valence-electron chi connectivity index (χ0n) is 9.13. The van der Waals surface area contributed by atoms with Gasteiger partial charge in [-0.3, -0.25) is 4.68 Å². The number of ether oxygens (including phenoxy) is 1. The van der Waals surface area contributed by atoms with Gasteiger partial charge in [-0.1, -0.05) is 12.1 Å². The summed E-state index contributed by atoms with van der Waals surface area (Å²) >= 11 is 0. The lowest BCUT2D eigenvalue weighted by molar-refractivity contribution is 0.269. The largest absolute Gasteiger partial charge is 0.497 e. The maximum atomic E-state index is 8.80. The van der Waals surface area contributed by atoms with Crippen LogP contribution in [0.2, 0.25) is 0 Å². The summed E-state index contributed by atoms with van der Waals surface area (Å²) < 4.78 is 6.88. The Hall–Kier alpha value is -1.81. The number of nitrogens with zero attached hydrogens (tertiary/aromatic N) is 2. The first-order valence-electron chi connectivity index (χ1n) is 5.11. The number of aromatic nitrogens is 2. The predicted octanol–water partition coefficient (Wildman–Crippen LogP) is 1.55. The first kappa shape index (κ1) is 10.7. The fourth-order valence-corrected chi connectivity index (χ4v) is 1.54. The minimum absolute atomic E-state index is 0.0965. The van der Waals surface area contributed by atoms with Crippen molar-refractivity contribution in [2.24, 2.45) is 0 Å². The fraction of sp³-hybridized carbons (Fsp3) is 0.250. The molecule has 2 rings (SSSR count). The van der Waals surface area contributed by atoms with Crippen LogP contribution < -0.4 is 4.74 Å². The predicted molar refractivity (Wildman–Crippen MR) is 61.3 cm³/mol. The van der Waals surface area contributed by atoms with Crippen molar-refractivity contribution in [1.82, 2.24) is 9.78 Å². The minimum Gasteiger partial charge on any atom is -0.497 e. The second kappa shape index (κ2) is 4.81. The quantitative estimate of drug-likeness (QED) is 0.847. The second-order valence-corrected chi connectivity index (χ2v) is 3.45. The molecule has 0 aliphatic rings. The number of aliphatic hydroxyl groups excluding tert-OH is 1. The fourth-order valence-electron chi connectivity index (χ4n) is 1.54. The summed E-state index contributed by atoms with van der Waals surface area (Å²) in [7, 11) is 1.65. The van der Waals surface area contributed by atoms with Crippen LogP contribution >= 0.6 is 0 Å². The normalized spacial score (nSPS) is 10.4. The number of hydrogen-bond donors (Lipinski definition) is 1. The van der Waals surface area contributed by atoms with Crippen molar-refractivity contribution in [1.29, 1.82) is 0 Å². The van der Waals surface area contributed by atoms with Crippen LogP contribution in [0.25, 0.3) is 11.1 Å². The topological polar surface area (TPSA) is 47.3 Å². The van der Waals surface area contributed by atoms with E-state index >= 15 is 0 Å². The summed E-state index contributed by atoms with van der Waals surface area (Å²) in [5, 5.41) is 13.0. The monoisotopic (exact) mass is 218 g/mol. The Morgan fingerprint density at radius 2 is 2.25 bits per heavy atom. The van der Waals surface area contributed by atoms with Crippen molar-refractivity contribution in [3.63, 3.8) is 0 Å². The first-order chi connectivity index (χ1) is 7.83. The van der Waals surface area contributed by atoms with Crippen molar-refractivity contribution >= 4 is 0 Å². The van der Waals surface area contributed by atoms with E-state index in [1.54, 1.807) is 18.0 Å². The summed E-state index contributed by atoms with van der Waals surface area (Å²) in [5.41, 5.74) is 2.08. The molecule has 1 aromatic heterocycles. The van der Waals surface area contributed by atoms with Gasteiger partial charge in [0.15, 0.2) is 0 Å². The van der Waals surface area contributed by atoms with Crippen LogP contribution in [-0.2, 0) is 6.54 Å². The van der Waals surface area contributed by atoms with Crippen molar-refractivity contribution in [2.45, 2.75) is 6.54 Å². The molecular formula is C12H14N2O2. The third-order valence-electron chi connectivity index (χ3n) is 2.37. The molecule has 1 heterocycles. The van der Waals surface area contributed by atoms with Gasteiger partial charge < -0.3 is 9.84 Å². The molecule has 0 bridgehead atoms. The molecule has 0 radical (unpaired) electrons. The number of rotatable bonds is 4. The highest BCUT2D eigenvalue weighted by molar-refractivity contribution is 5.63. The van der Waals surface area contributed by atoms with E-state index in [1.807, 2.05) is 30.5 Å². The molecule has 0 amide bonds. The molecule has 0 saturated heterocycles. The Bertz CT molecular complexity index is 466. The molecule has 0 saturated carbocycles. The average Bonchev–Trinajstić information content (AvgIpc) is 2.78. The van der Waals surface area contributed by atoms with Crippen LogP contribution in [0.5, 0.6) is 5.75 Å². The second-order valence-electron chi connectivity index (χ2n) is 3.45. The summed E-state index contributed by atoms with van der Waals surface area (Å²) in [5.74, 6) is 0.826. The number of hydrogen-bond acceptors (Lipinski definition) is 3. The molecule has 0 aliphatic carbocycles. The molecule has 16 heavy (non-hydrogen) atoms. The zero-order valence-corrected chi connectivity index (χ0v) is 9.13. The molecule has 0 spiro atoms. The van der Waals surface area contributed by atoms with Crippen LogP contribution in [0.4, 0.5) is 0 Å². The minimum atomic E-state index is 0.0965. The highest BCUT2D eigenvalue weighted by atomic mass is 16.5. The molecule has 0 fully saturated rings. The Balaban J connectivity index is 2.27. The van der Waals surface area contributed by atoms with Gasteiger partial charge in [0.2, 0.25) is 0 Å². The van der Waals surface area contributed by atoms with Gasteiger partial charge in [-0.05, 0) is 17.7 Å². The SMILES string of the molecule is COc1cccc(-c2cnn(CCO)c2)c1. The van der Waals surface area contributed by atoms with Crippen molar-refractivity contribution in [2.75, 3.05) is 13.7 Å². The maximum Gasteiger partial charge on any atom is 0.119 e. The smallest absolute Gasteiger partial charge is 0.119 e. The molecule has 0 atom stereocenters. The number of methoxy groups -OCH3 is 1. The lowest BCUT2D eigenvalue weighted by Gasteiger charge is -2.01. The standard InChI is InChI=1S/C12H14N2O2/c1-16-12-4-2-3-10(7-12)11-8-13-14(9-11)5-6-15/h2-4,7-9,15H,5-6H2,1H3. The van der Waals surface area contributed by atoms with Gasteiger partial charge in [-0.2, -0.15) is 5.10 Å². The van der Waals surface area contributed by atoms with E-state index in [0.717, 1.165) is 16.9 Å². The van der Waals surface area contributed by atoms with Crippen LogP contribution in [0.15, 0.2) is 36.7 Å². The van der Waals surface area contributed by atoms with Crippen LogP contribution in [0.3, 0.4) is 0 Å². The molecule has 1 aromatic carbocycles. The highest BCUT2D eigenvalue weighted by Gasteiger charge is 2.02. The molecule has 2 aromatic rings. The molecule has 0 aliphatic heterocycles. The van der Waals surface area contributed by atoms with Gasteiger partial charge in [0.05, 0.1) is 26.5 Å². The number of aliphatic hydroxyl groups is 1. The van der Waals surface area contributed by atoms with E-state index < -0.39 is 0 Å². The van der Waals surface area contributed by atoms with E-state index in [9.17, 15) is 0 Å². The van der Waals surface area contributed by atoms with Gasteiger partial charge in [0.1, 0.15) is 5.75 Å². The van der Waals surface area contributed by atoms with E-state index in [2.05, 4.69) is 5.10 Å². The van der Waals surface area contributed by atoms with Gasteiger partial charge >= 0.3 is 0 Å². The summed E-state index contributed by atoms with van der Waals surface area (Å²) in [6, 6.07) is 7.81. The summed E-state index contributed by atoms with van der Waals surface area (Å²) in [6.07, 6.45) is 3.69.